The minimum atomic E-state index is 0.0505. The highest BCUT2D eigenvalue weighted by Crippen LogP contribution is 2.13. The Bertz CT molecular complexity index is 359. The summed E-state index contributed by atoms with van der Waals surface area (Å²) in [6, 6.07) is 1.68. The molecule has 0 radical (unpaired) electrons. The molecule has 1 aromatic rings. The van der Waals surface area contributed by atoms with Crippen LogP contribution < -0.4 is 5.73 Å². The maximum atomic E-state index is 12.0. The Morgan fingerprint density at radius 3 is 2.67 bits per heavy atom. The monoisotopic (exact) mass is 205 g/mol. The molecule has 0 spiro atoms. The van der Waals surface area contributed by atoms with E-state index in [2.05, 4.69) is 4.98 Å². The number of piperidine rings is 1. The van der Waals surface area contributed by atoms with Crippen molar-refractivity contribution in [2.75, 3.05) is 18.8 Å². The molecule has 2 heterocycles. The topological polar surface area (TPSA) is 59.2 Å². The minimum absolute atomic E-state index is 0.0505. The largest absolute Gasteiger partial charge is 0.397 e. The number of anilines is 1. The third-order valence-electron chi connectivity index (χ3n) is 2.65. The number of nitrogens with zero attached hydrogens (tertiary/aromatic N) is 2. The fourth-order valence-electron chi connectivity index (χ4n) is 1.85. The van der Waals surface area contributed by atoms with Crippen molar-refractivity contribution >= 4 is 11.6 Å². The van der Waals surface area contributed by atoms with Crippen LogP contribution in [0.15, 0.2) is 18.5 Å². The van der Waals surface area contributed by atoms with E-state index in [0.29, 0.717) is 11.3 Å². The lowest BCUT2D eigenvalue weighted by molar-refractivity contribution is 0.0724. The number of hydrogen-bond acceptors (Lipinski definition) is 3. The third-order valence-corrected chi connectivity index (χ3v) is 2.65. The lowest BCUT2D eigenvalue weighted by atomic mass is 10.1. The van der Waals surface area contributed by atoms with E-state index in [1.165, 1.54) is 6.42 Å². The van der Waals surface area contributed by atoms with Gasteiger partial charge in [-0.1, -0.05) is 0 Å². The highest BCUT2D eigenvalue weighted by molar-refractivity contribution is 5.94. The molecule has 1 aliphatic rings. The van der Waals surface area contributed by atoms with Crippen molar-refractivity contribution in [3.8, 4) is 0 Å². The first-order valence-corrected chi connectivity index (χ1v) is 5.27. The smallest absolute Gasteiger partial charge is 0.255 e. The van der Waals surface area contributed by atoms with Crippen molar-refractivity contribution in [3.05, 3.63) is 24.0 Å². The number of likely N-dealkylation sites (tertiary alicyclic amines) is 1. The standard InChI is InChI=1S/C11H15N3O/c12-10-6-9(7-13-8-10)11(15)14-4-2-1-3-5-14/h6-8H,1-5,12H2. The molecule has 0 bridgehead atoms. The van der Waals surface area contributed by atoms with E-state index in [1.807, 2.05) is 4.90 Å². The Hall–Kier alpha value is -1.58. The van der Waals surface area contributed by atoms with Crippen molar-refractivity contribution in [1.29, 1.82) is 0 Å². The van der Waals surface area contributed by atoms with Crippen molar-refractivity contribution < 1.29 is 4.79 Å². The summed E-state index contributed by atoms with van der Waals surface area (Å²) in [5.74, 6) is 0.0505. The van der Waals surface area contributed by atoms with Gasteiger partial charge in [0.2, 0.25) is 0 Å². The molecule has 1 aromatic heterocycles. The van der Waals surface area contributed by atoms with Gasteiger partial charge in [0.05, 0.1) is 11.3 Å². The first kappa shape index (κ1) is 9.96. The van der Waals surface area contributed by atoms with E-state index >= 15 is 0 Å². The van der Waals surface area contributed by atoms with Gasteiger partial charge in [0.25, 0.3) is 5.91 Å². The van der Waals surface area contributed by atoms with Crippen LogP contribution in [-0.4, -0.2) is 28.9 Å². The van der Waals surface area contributed by atoms with Crippen molar-refractivity contribution in [1.82, 2.24) is 9.88 Å². The summed E-state index contributed by atoms with van der Waals surface area (Å²) in [4.78, 5) is 17.8. The van der Waals surface area contributed by atoms with E-state index in [9.17, 15) is 4.79 Å². The summed E-state index contributed by atoms with van der Waals surface area (Å²) in [6.07, 6.45) is 6.54. The molecule has 4 heteroatoms. The predicted molar refractivity (Wildman–Crippen MR) is 58.4 cm³/mol. The Morgan fingerprint density at radius 2 is 2.00 bits per heavy atom. The average molecular weight is 205 g/mol. The zero-order valence-electron chi connectivity index (χ0n) is 8.65. The molecular formula is C11H15N3O. The number of carbonyl (C=O) groups is 1. The number of amides is 1. The Morgan fingerprint density at radius 1 is 1.27 bits per heavy atom. The summed E-state index contributed by atoms with van der Waals surface area (Å²) >= 11 is 0. The summed E-state index contributed by atoms with van der Waals surface area (Å²) in [5, 5.41) is 0. The third kappa shape index (κ3) is 2.26. The first-order chi connectivity index (χ1) is 7.27. The van der Waals surface area contributed by atoms with Crippen molar-refractivity contribution in [2.45, 2.75) is 19.3 Å². The first-order valence-electron chi connectivity index (χ1n) is 5.27. The molecule has 0 unspecified atom stereocenters. The molecule has 0 saturated carbocycles. The maximum absolute atomic E-state index is 12.0. The van der Waals surface area contributed by atoms with E-state index in [1.54, 1.807) is 18.5 Å². The molecule has 4 nitrogen and oxygen atoms in total. The predicted octanol–water partition coefficient (Wildman–Crippen LogP) is 1.29. The molecule has 1 amide bonds. The van der Waals surface area contributed by atoms with Gasteiger partial charge in [-0.3, -0.25) is 9.78 Å². The molecule has 2 rings (SSSR count). The van der Waals surface area contributed by atoms with Crippen LogP contribution >= 0.6 is 0 Å². The van der Waals surface area contributed by atoms with Crippen LogP contribution in [0.25, 0.3) is 0 Å². The number of aromatic nitrogens is 1. The Kier molecular flexibility index (Phi) is 2.85. The Balaban J connectivity index is 2.12. The normalized spacial score (nSPS) is 16.4. The summed E-state index contributed by atoms with van der Waals surface area (Å²) in [7, 11) is 0. The van der Waals surface area contributed by atoms with Crippen molar-refractivity contribution in [3.63, 3.8) is 0 Å². The molecule has 15 heavy (non-hydrogen) atoms. The second-order valence-electron chi connectivity index (χ2n) is 3.86. The number of nitrogens with two attached hydrogens (primary N) is 1. The maximum Gasteiger partial charge on any atom is 0.255 e. The van der Waals surface area contributed by atoms with Gasteiger partial charge in [-0.05, 0) is 25.3 Å². The van der Waals surface area contributed by atoms with Gasteiger partial charge >= 0.3 is 0 Å². The fraction of sp³-hybridized carbons (Fsp3) is 0.455. The SMILES string of the molecule is Nc1cncc(C(=O)N2CCCCC2)c1. The van der Waals surface area contributed by atoms with Crippen molar-refractivity contribution in [2.24, 2.45) is 0 Å². The van der Waals surface area contributed by atoms with Crippen LogP contribution in [0.4, 0.5) is 5.69 Å². The zero-order valence-corrected chi connectivity index (χ0v) is 8.65. The zero-order chi connectivity index (χ0) is 10.7. The van der Waals surface area contributed by atoms with Gasteiger partial charge in [0.15, 0.2) is 0 Å². The highest BCUT2D eigenvalue weighted by atomic mass is 16.2. The molecule has 0 aromatic carbocycles. The van der Waals surface area contributed by atoms with E-state index in [-0.39, 0.29) is 5.91 Å². The summed E-state index contributed by atoms with van der Waals surface area (Å²) in [6.45, 7) is 1.71. The fourth-order valence-corrected chi connectivity index (χ4v) is 1.85. The van der Waals surface area contributed by atoms with Crippen LogP contribution in [0.3, 0.4) is 0 Å². The Labute approximate surface area is 89.1 Å². The second-order valence-corrected chi connectivity index (χ2v) is 3.86. The van der Waals surface area contributed by atoms with Gasteiger partial charge in [0.1, 0.15) is 0 Å². The van der Waals surface area contributed by atoms with E-state index < -0.39 is 0 Å². The summed E-state index contributed by atoms with van der Waals surface area (Å²) < 4.78 is 0. The lowest BCUT2D eigenvalue weighted by Gasteiger charge is -2.26. The molecule has 1 aliphatic heterocycles. The van der Waals surface area contributed by atoms with Crippen LogP contribution in [0, 0.1) is 0 Å². The van der Waals surface area contributed by atoms with Gasteiger partial charge in [-0.25, -0.2) is 0 Å². The molecule has 0 atom stereocenters. The van der Waals surface area contributed by atoms with Crippen LogP contribution in [0.1, 0.15) is 29.6 Å². The lowest BCUT2D eigenvalue weighted by Crippen LogP contribution is -2.35. The summed E-state index contributed by atoms with van der Waals surface area (Å²) in [5.41, 5.74) is 6.73. The minimum Gasteiger partial charge on any atom is -0.397 e. The molecule has 1 saturated heterocycles. The van der Waals surface area contributed by atoms with Gasteiger partial charge < -0.3 is 10.6 Å². The molecule has 0 aliphatic carbocycles. The number of pyridine rings is 1. The molecule has 1 fully saturated rings. The number of nitrogen functional groups attached to an aromatic ring is 1. The molecule has 80 valence electrons. The van der Waals surface area contributed by atoms with E-state index in [0.717, 1.165) is 25.9 Å². The number of carbonyl (C=O) groups excluding carboxylic acids is 1. The molecular weight excluding hydrogens is 190 g/mol. The highest BCUT2D eigenvalue weighted by Gasteiger charge is 2.18. The van der Waals surface area contributed by atoms with Crippen LogP contribution in [0.5, 0.6) is 0 Å². The second kappa shape index (κ2) is 4.29. The van der Waals surface area contributed by atoms with Crippen LogP contribution in [0.2, 0.25) is 0 Å². The van der Waals surface area contributed by atoms with Gasteiger partial charge in [0, 0.05) is 25.5 Å². The van der Waals surface area contributed by atoms with Gasteiger partial charge in [-0.2, -0.15) is 0 Å². The quantitative estimate of drug-likeness (QED) is 0.751. The average Bonchev–Trinajstić information content (AvgIpc) is 2.29. The van der Waals surface area contributed by atoms with E-state index in [4.69, 9.17) is 5.73 Å². The molecule has 2 N–H and O–H groups in total. The number of hydrogen-bond donors (Lipinski definition) is 1. The number of rotatable bonds is 1. The van der Waals surface area contributed by atoms with Crippen LogP contribution in [-0.2, 0) is 0 Å². The van der Waals surface area contributed by atoms with Gasteiger partial charge in [-0.15, -0.1) is 0 Å².